The van der Waals surface area contributed by atoms with Crippen LogP contribution in [0.2, 0.25) is 0 Å². The van der Waals surface area contributed by atoms with E-state index in [0.717, 1.165) is 17.4 Å². The molecule has 2 aromatic carbocycles. The van der Waals surface area contributed by atoms with Crippen molar-refractivity contribution in [2.24, 2.45) is 17.8 Å². The fraction of sp³-hybridized carbons (Fsp3) is 0.480. The number of hydrogen-bond acceptors (Lipinski definition) is 2. The van der Waals surface area contributed by atoms with E-state index in [1.165, 1.54) is 36.1 Å². The summed E-state index contributed by atoms with van der Waals surface area (Å²) in [6.07, 6.45) is 4.04. The molecule has 2 aromatic rings. The Morgan fingerprint density at radius 2 is 1.79 bits per heavy atom. The number of carbonyl (C=O) groups excluding carboxylic acids is 1. The van der Waals surface area contributed by atoms with Crippen molar-refractivity contribution in [2.45, 2.75) is 57.5 Å². The molecule has 2 bridgehead atoms. The molecule has 0 aromatic heterocycles. The maximum atomic E-state index is 12.8. The maximum absolute atomic E-state index is 12.8. The van der Waals surface area contributed by atoms with E-state index in [0.29, 0.717) is 17.9 Å². The lowest BCUT2D eigenvalue weighted by molar-refractivity contribution is 0.0919. The lowest BCUT2D eigenvalue weighted by Crippen LogP contribution is -2.41. The first-order chi connectivity index (χ1) is 13.4. The van der Waals surface area contributed by atoms with E-state index in [2.05, 4.69) is 53.1 Å². The first-order valence-electron chi connectivity index (χ1n) is 10.7. The quantitative estimate of drug-likeness (QED) is 0.727. The van der Waals surface area contributed by atoms with Gasteiger partial charge in [0.25, 0.3) is 5.91 Å². The third kappa shape index (κ3) is 2.92. The second kappa shape index (κ2) is 6.37. The van der Waals surface area contributed by atoms with Crippen molar-refractivity contribution in [3.05, 3.63) is 65.2 Å². The molecule has 0 unspecified atom stereocenters. The van der Waals surface area contributed by atoms with Crippen molar-refractivity contribution in [3.63, 3.8) is 0 Å². The number of anilines is 1. The van der Waals surface area contributed by atoms with Crippen LogP contribution < -0.4 is 10.6 Å². The van der Waals surface area contributed by atoms with Crippen molar-refractivity contribution in [1.82, 2.24) is 5.32 Å². The summed E-state index contributed by atoms with van der Waals surface area (Å²) in [5, 5.41) is 6.96. The van der Waals surface area contributed by atoms with Gasteiger partial charge < -0.3 is 10.6 Å². The molecule has 2 aliphatic carbocycles. The Bertz CT molecular complexity index is 899. The molecule has 0 radical (unpaired) electrons. The van der Waals surface area contributed by atoms with Gasteiger partial charge in [0.05, 0.1) is 6.04 Å². The zero-order chi connectivity index (χ0) is 19.5. The fourth-order valence-electron chi connectivity index (χ4n) is 6.03. The smallest absolute Gasteiger partial charge is 0.251 e. The molecule has 28 heavy (non-hydrogen) atoms. The molecule has 2 N–H and O–H groups in total. The SMILES string of the molecule is CC(C)(C)NC(=O)c1ccc2c(c1)[C@@H]1[C@@H]3CC[C@H](C3)[C@@H]1[C@H](c1ccccc1)N2. The van der Waals surface area contributed by atoms with E-state index >= 15 is 0 Å². The summed E-state index contributed by atoms with van der Waals surface area (Å²) in [4.78, 5) is 12.8. The van der Waals surface area contributed by atoms with E-state index in [1.54, 1.807) is 0 Å². The zero-order valence-electron chi connectivity index (χ0n) is 17.0. The molecule has 2 fully saturated rings. The van der Waals surface area contributed by atoms with Crippen molar-refractivity contribution < 1.29 is 4.79 Å². The van der Waals surface area contributed by atoms with Crippen molar-refractivity contribution in [2.75, 3.05) is 5.32 Å². The van der Waals surface area contributed by atoms with Gasteiger partial charge in [0.2, 0.25) is 0 Å². The highest BCUT2D eigenvalue weighted by atomic mass is 16.1. The Morgan fingerprint density at radius 1 is 1.04 bits per heavy atom. The van der Waals surface area contributed by atoms with Gasteiger partial charge in [-0.1, -0.05) is 30.3 Å². The molecule has 1 aliphatic heterocycles. The highest BCUT2D eigenvalue weighted by Crippen LogP contribution is 2.63. The number of hydrogen-bond donors (Lipinski definition) is 2. The molecule has 3 nitrogen and oxygen atoms in total. The van der Waals surface area contributed by atoms with Crippen molar-refractivity contribution in [1.29, 1.82) is 0 Å². The van der Waals surface area contributed by atoms with Gasteiger partial charge in [-0.2, -0.15) is 0 Å². The molecule has 3 aliphatic rings. The van der Waals surface area contributed by atoms with E-state index in [4.69, 9.17) is 0 Å². The summed E-state index contributed by atoms with van der Waals surface area (Å²) in [6.45, 7) is 6.09. The first-order valence-corrected chi connectivity index (χ1v) is 10.7. The van der Waals surface area contributed by atoms with Gasteiger partial charge in [0.15, 0.2) is 0 Å². The normalized spacial score (nSPS) is 30.3. The van der Waals surface area contributed by atoms with Crippen LogP contribution in [0.25, 0.3) is 0 Å². The van der Waals surface area contributed by atoms with Crippen LogP contribution in [0.4, 0.5) is 5.69 Å². The third-order valence-electron chi connectivity index (χ3n) is 7.00. The van der Waals surface area contributed by atoms with Crippen molar-refractivity contribution in [3.8, 4) is 0 Å². The molecule has 0 saturated heterocycles. The van der Waals surface area contributed by atoms with Gasteiger partial charge in [-0.25, -0.2) is 0 Å². The third-order valence-corrected chi connectivity index (χ3v) is 7.00. The van der Waals surface area contributed by atoms with Crippen LogP contribution >= 0.6 is 0 Å². The van der Waals surface area contributed by atoms with E-state index in [1.807, 2.05) is 26.8 Å². The van der Waals surface area contributed by atoms with Crippen LogP contribution in [0, 0.1) is 17.8 Å². The zero-order valence-corrected chi connectivity index (χ0v) is 17.0. The first kappa shape index (κ1) is 17.8. The Kier molecular flexibility index (Phi) is 4.04. The van der Waals surface area contributed by atoms with Crippen LogP contribution in [0.1, 0.15) is 73.5 Å². The molecular formula is C25H30N2O. The summed E-state index contributed by atoms with van der Waals surface area (Å²) in [6, 6.07) is 17.6. The Balaban J connectivity index is 1.54. The predicted octanol–water partition coefficient (Wildman–Crippen LogP) is 5.51. The molecule has 0 spiro atoms. The lowest BCUT2D eigenvalue weighted by atomic mass is 9.68. The molecule has 1 amide bonds. The molecule has 5 atom stereocenters. The van der Waals surface area contributed by atoms with Gasteiger partial charge in [0.1, 0.15) is 0 Å². The minimum atomic E-state index is -0.224. The Hall–Kier alpha value is -2.29. The van der Waals surface area contributed by atoms with E-state index in [9.17, 15) is 4.79 Å². The summed E-state index contributed by atoms with van der Waals surface area (Å²) in [7, 11) is 0. The number of rotatable bonds is 2. The number of nitrogens with one attached hydrogen (secondary N) is 2. The number of carbonyl (C=O) groups is 1. The van der Waals surface area contributed by atoms with Crippen LogP contribution in [0.3, 0.4) is 0 Å². The van der Waals surface area contributed by atoms with Gasteiger partial charge in [0, 0.05) is 16.8 Å². The highest BCUT2D eigenvalue weighted by Gasteiger charge is 2.53. The molecule has 5 rings (SSSR count). The van der Waals surface area contributed by atoms with E-state index < -0.39 is 0 Å². The van der Waals surface area contributed by atoms with Crippen LogP contribution in [-0.2, 0) is 0 Å². The minimum Gasteiger partial charge on any atom is -0.378 e. The fourth-order valence-corrected chi connectivity index (χ4v) is 6.03. The highest BCUT2D eigenvalue weighted by molar-refractivity contribution is 5.95. The second-order valence-corrected chi connectivity index (χ2v) is 9.98. The van der Waals surface area contributed by atoms with Crippen LogP contribution in [0.15, 0.2) is 48.5 Å². The molecular weight excluding hydrogens is 344 g/mol. The molecule has 2 saturated carbocycles. The average molecular weight is 375 g/mol. The van der Waals surface area contributed by atoms with Gasteiger partial charge in [-0.15, -0.1) is 0 Å². The van der Waals surface area contributed by atoms with E-state index in [-0.39, 0.29) is 11.4 Å². The van der Waals surface area contributed by atoms with Gasteiger partial charge in [-0.3, -0.25) is 4.79 Å². The number of fused-ring (bicyclic) bond motifs is 7. The lowest BCUT2D eigenvalue weighted by Gasteiger charge is -2.43. The van der Waals surface area contributed by atoms with Gasteiger partial charge in [-0.05, 0) is 93.0 Å². The monoisotopic (exact) mass is 374 g/mol. The summed E-state index contributed by atoms with van der Waals surface area (Å²) in [5.74, 6) is 2.80. The largest absolute Gasteiger partial charge is 0.378 e. The predicted molar refractivity (Wildman–Crippen MR) is 114 cm³/mol. The summed E-state index contributed by atoms with van der Waals surface area (Å²) < 4.78 is 0. The second-order valence-electron chi connectivity index (χ2n) is 9.98. The van der Waals surface area contributed by atoms with Crippen molar-refractivity contribution >= 4 is 11.6 Å². The number of amides is 1. The van der Waals surface area contributed by atoms with Crippen LogP contribution in [-0.4, -0.2) is 11.4 Å². The Labute approximate surface area is 167 Å². The van der Waals surface area contributed by atoms with Crippen LogP contribution in [0.5, 0.6) is 0 Å². The number of benzene rings is 2. The minimum absolute atomic E-state index is 0.0280. The topological polar surface area (TPSA) is 41.1 Å². The van der Waals surface area contributed by atoms with Gasteiger partial charge >= 0.3 is 0 Å². The molecule has 1 heterocycles. The molecule has 3 heteroatoms. The maximum Gasteiger partial charge on any atom is 0.251 e. The molecule has 146 valence electrons. The Morgan fingerprint density at radius 3 is 2.54 bits per heavy atom. The average Bonchev–Trinajstić information content (AvgIpc) is 3.29. The summed E-state index contributed by atoms with van der Waals surface area (Å²) >= 11 is 0. The summed E-state index contributed by atoms with van der Waals surface area (Å²) in [5.41, 5.74) is 4.54. The standard InChI is InChI=1S/C25H30N2O/c1-25(2,3)27-24(28)18-11-12-20-19(14-18)21-16-9-10-17(13-16)22(21)23(26-20)15-7-5-4-6-8-15/h4-8,11-12,14,16-17,21-23,26H,9-10,13H2,1-3H3,(H,27,28)/t16-,17-,21+,22+,23+/m1/s1.